The molecular formula is C10H18N2Sn. The maximum absolute atomic E-state index is 4.31. The van der Waals surface area contributed by atoms with Crippen molar-refractivity contribution in [3.8, 4) is 0 Å². The third-order valence-electron chi connectivity index (χ3n) is 2.07. The van der Waals surface area contributed by atoms with Crippen LogP contribution < -0.4 is 8.48 Å². The van der Waals surface area contributed by atoms with Gasteiger partial charge in [-0.25, -0.2) is 0 Å². The van der Waals surface area contributed by atoms with Crippen LogP contribution in [0.2, 0.25) is 14.8 Å². The molecular weight excluding hydrogens is 267 g/mol. The van der Waals surface area contributed by atoms with Gasteiger partial charge in [0.2, 0.25) is 0 Å². The zero-order valence-corrected chi connectivity index (χ0v) is 12.0. The summed E-state index contributed by atoms with van der Waals surface area (Å²) in [5.41, 5.74) is 0. The van der Waals surface area contributed by atoms with Crippen LogP contribution in [0, 0.1) is 0 Å². The Morgan fingerprint density at radius 3 is 2.31 bits per heavy atom. The predicted molar refractivity (Wildman–Crippen MR) is 61.5 cm³/mol. The van der Waals surface area contributed by atoms with E-state index in [0.29, 0.717) is 0 Å². The van der Waals surface area contributed by atoms with Gasteiger partial charge in [0.25, 0.3) is 0 Å². The van der Waals surface area contributed by atoms with Gasteiger partial charge in [-0.1, -0.05) is 0 Å². The van der Waals surface area contributed by atoms with Gasteiger partial charge < -0.3 is 0 Å². The minimum atomic E-state index is -1.88. The summed E-state index contributed by atoms with van der Waals surface area (Å²) in [4.78, 5) is 13.6. The molecule has 2 nitrogen and oxygen atoms in total. The molecule has 0 atom stereocenters. The van der Waals surface area contributed by atoms with Gasteiger partial charge in [-0.15, -0.1) is 0 Å². The average Bonchev–Trinajstić information content (AvgIpc) is 2.03. The molecule has 0 N–H and O–H groups in total. The van der Waals surface area contributed by atoms with E-state index in [9.17, 15) is 0 Å². The zero-order valence-electron chi connectivity index (χ0n) is 9.13. The van der Waals surface area contributed by atoms with E-state index in [-0.39, 0.29) is 0 Å². The maximum atomic E-state index is 4.31. The Morgan fingerprint density at radius 1 is 1.23 bits per heavy atom. The van der Waals surface area contributed by atoms with E-state index < -0.39 is 18.4 Å². The molecule has 13 heavy (non-hydrogen) atoms. The van der Waals surface area contributed by atoms with Crippen molar-refractivity contribution in [2.45, 2.75) is 14.8 Å². The molecule has 0 aromatic carbocycles. The Balaban J connectivity index is 3.06. The molecule has 0 aliphatic heterocycles. The van der Waals surface area contributed by atoms with Gasteiger partial charge >= 0.3 is 84.9 Å². The number of aromatic nitrogens is 1. The van der Waals surface area contributed by atoms with E-state index in [4.69, 9.17) is 0 Å². The van der Waals surface area contributed by atoms with Crippen molar-refractivity contribution >= 4 is 27.8 Å². The van der Waals surface area contributed by atoms with Gasteiger partial charge in [0, 0.05) is 0 Å². The van der Waals surface area contributed by atoms with Crippen molar-refractivity contribution in [1.29, 1.82) is 0 Å². The molecule has 1 aromatic heterocycles. The third-order valence-corrected chi connectivity index (χ3v) is 7.90. The minimum absolute atomic E-state index is 1.07. The average molecular weight is 285 g/mol. The predicted octanol–water partition coefficient (Wildman–Crippen LogP) is 1.69. The van der Waals surface area contributed by atoms with Crippen LogP contribution in [0.1, 0.15) is 0 Å². The molecule has 1 heterocycles. The molecule has 0 bridgehead atoms. The molecule has 0 saturated heterocycles. The second kappa shape index (κ2) is 3.86. The van der Waals surface area contributed by atoms with E-state index in [0.717, 1.165) is 5.82 Å². The van der Waals surface area contributed by atoms with Gasteiger partial charge in [-0.05, 0) is 0 Å². The summed E-state index contributed by atoms with van der Waals surface area (Å²) < 4.78 is 1.54. The van der Waals surface area contributed by atoms with Crippen molar-refractivity contribution in [2.75, 3.05) is 19.0 Å². The standard InChI is InChI=1S/C7H9N2.3CH3.Sn/c1-9(2)7-5-3-4-6-8-7;;;;/h4-6H,1-2H3;3*1H3;. The number of hydrogen-bond donors (Lipinski definition) is 0. The summed E-state index contributed by atoms with van der Waals surface area (Å²) in [5.74, 6) is 1.07. The van der Waals surface area contributed by atoms with Crippen LogP contribution in [0.15, 0.2) is 18.3 Å². The second-order valence-electron chi connectivity index (χ2n) is 4.55. The summed E-state index contributed by atoms with van der Waals surface area (Å²) in [6.07, 6.45) is 1.92. The first-order chi connectivity index (χ1) is 5.91. The normalized spacial score (nSPS) is 11.5. The fraction of sp³-hybridized carbons (Fsp3) is 0.500. The van der Waals surface area contributed by atoms with Gasteiger partial charge in [-0.2, -0.15) is 0 Å². The van der Waals surface area contributed by atoms with Crippen LogP contribution in [0.4, 0.5) is 5.82 Å². The van der Waals surface area contributed by atoms with Crippen molar-refractivity contribution in [3.05, 3.63) is 18.3 Å². The molecule has 0 unspecified atom stereocenters. The van der Waals surface area contributed by atoms with Gasteiger partial charge in [0.05, 0.1) is 0 Å². The number of rotatable bonds is 2. The first-order valence-corrected chi connectivity index (χ1v) is 14.5. The molecule has 0 saturated carbocycles. The molecule has 0 fully saturated rings. The molecule has 72 valence electrons. The summed E-state index contributed by atoms with van der Waals surface area (Å²) >= 11 is -1.88. The SMILES string of the molecule is CN(C)c1c[c]([Sn]([CH3])([CH3])[CH3])ccn1. The molecule has 1 aromatic rings. The Kier molecular flexibility index (Phi) is 3.22. The van der Waals surface area contributed by atoms with Crippen LogP contribution in [-0.4, -0.2) is 37.5 Å². The van der Waals surface area contributed by atoms with Gasteiger partial charge in [-0.3, -0.25) is 0 Å². The Labute approximate surface area is 84.9 Å². The van der Waals surface area contributed by atoms with Gasteiger partial charge in [0.15, 0.2) is 0 Å². The summed E-state index contributed by atoms with van der Waals surface area (Å²) in [7, 11) is 4.06. The van der Waals surface area contributed by atoms with Crippen LogP contribution in [-0.2, 0) is 0 Å². The Morgan fingerprint density at radius 2 is 1.85 bits per heavy atom. The van der Waals surface area contributed by atoms with E-state index in [1.807, 2.05) is 20.3 Å². The van der Waals surface area contributed by atoms with Crippen LogP contribution >= 0.6 is 0 Å². The van der Waals surface area contributed by atoms with E-state index in [1.165, 1.54) is 3.58 Å². The number of hydrogen-bond acceptors (Lipinski definition) is 2. The first-order valence-electron chi connectivity index (χ1n) is 4.55. The summed E-state index contributed by atoms with van der Waals surface area (Å²) in [6.45, 7) is 0. The van der Waals surface area contributed by atoms with Crippen molar-refractivity contribution in [2.24, 2.45) is 0 Å². The number of nitrogens with zero attached hydrogens (tertiary/aromatic N) is 2. The number of pyridine rings is 1. The fourth-order valence-corrected chi connectivity index (χ4v) is 4.37. The van der Waals surface area contributed by atoms with Crippen LogP contribution in [0.5, 0.6) is 0 Å². The van der Waals surface area contributed by atoms with Crippen molar-refractivity contribution < 1.29 is 0 Å². The monoisotopic (exact) mass is 286 g/mol. The molecule has 0 aliphatic carbocycles. The van der Waals surface area contributed by atoms with E-state index in [1.54, 1.807) is 0 Å². The van der Waals surface area contributed by atoms with Gasteiger partial charge in [0.1, 0.15) is 0 Å². The first kappa shape index (κ1) is 10.8. The summed E-state index contributed by atoms with van der Waals surface area (Å²) in [5, 5.41) is 0. The molecule has 0 radical (unpaired) electrons. The molecule has 0 amide bonds. The van der Waals surface area contributed by atoms with E-state index in [2.05, 4.69) is 36.8 Å². The quantitative estimate of drug-likeness (QED) is 0.769. The topological polar surface area (TPSA) is 16.1 Å². The molecule has 0 aliphatic rings. The van der Waals surface area contributed by atoms with Crippen molar-refractivity contribution in [3.63, 3.8) is 0 Å². The third kappa shape index (κ3) is 2.86. The van der Waals surface area contributed by atoms with Crippen LogP contribution in [0.25, 0.3) is 0 Å². The molecule has 3 heteroatoms. The van der Waals surface area contributed by atoms with Crippen molar-refractivity contribution in [1.82, 2.24) is 4.98 Å². The molecule has 0 spiro atoms. The second-order valence-corrected chi connectivity index (χ2v) is 19.0. The Hall–Kier alpha value is -0.251. The fourth-order valence-electron chi connectivity index (χ4n) is 1.13. The summed E-state index contributed by atoms with van der Waals surface area (Å²) in [6, 6.07) is 4.40. The Bertz CT molecular complexity index is 289. The number of anilines is 1. The van der Waals surface area contributed by atoms with Crippen LogP contribution in [0.3, 0.4) is 0 Å². The zero-order chi connectivity index (χ0) is 10.1. The van der Waals surface area contributed by atoms with E-state index >= 15 is 0 Å². The molecule has 1 rings (SSSR count).